The van der Waals surface area contributed by atoms with E-state index in [2.05, 4.69) is 52.6 Å². The second-order valence-electron chi connectivity index (χ2n) is 7.97. The molecule has 2 aromatic carbocycles. The first kappa shape index (κ1) is 21.0. The standard InChI is InChI=1S/C25H28N4O2/c1-28-18-23(25(26-28)21-5-3-2-4-6-21)13-16-29-14-11-20-9-7-19(8-10-24(30)27-31)17-22(20)12-15-29/h2-10,17-18,31H,11-16H2,1H3,(H,27,30). The second kappa shape index (κ2) is 9.73. The van der Waals surface area contributed by atoms with Crippen LogP contribution in [0.15, 0.2) is 60.8 Å². The Morgan fingerprint density at radius 2 is 1.90 bits per heavy atom. The Morgan fingerprint density at radius 1 is 1.13 bits per heavy atom. The number of fused-ring (bicyclic) bond motifs is 1. The van der Waals surface area contributed by atoms with Gasteiger partial charge in [-0.05, 0) is 47.6 Å². The molecule has 2 heterocycles. The number of nitrogens with one attached hydrogen (secondary N) is 1. The van der Waals surface area contributed by atoms with E-state index in [4.69, 9.17) is 5.21 Å². The number of nitrogens with zero attached hydrogens (tertiary/aromatic N) is 3. The molecule has 0 fully saturated rings. The highest BCUT2D eigenvalue weighted by Crippen LogP contribution is 2.23. The Balaban J connectivity index is 1.40. The summed E-state index contributed by atoms with van der Waals surface area (Å²) < 4.78 is 1.90. The molecule has 3 aromatic rings. The minimum Gasteiger partial charge on any atom is -0.302 e. The molecule has 6 heteroatoms. The van der Waals surface area contributed by atoms with Crippen molar-refractivity contribution in [1.29, 1.82) is 0 Å². The summed E-state index contributed by atoms with van der Waals surface area (Å²) in [6.07, 6.45) is 8.18. The van der Waals surface area contributed by atoms with E-state index < -0.39 is 5.91 Å². The quantitative estimate of drug-likeness (QED) is 0.368. The van der Waals surface area contributed by atoms with Crippen LogP contribution >= 0.6 is 0 Å². The van der Waals surface area contributed by atoms with Crippen LogP contribution < -0.4 is 5.48 Å². The third-order valence-corrected chi connectivity index (χ3v) is 5.81. The Labute approximate surface area is 182 Å². The number of carbonyl (C=O) groups excluding carboxylic acids is 1. The van der Waals surface area contributed by atoms with Crippen molar-refractivity contribution in [2.45, 2.75) is 19.3 Å². The SMILES string of the molecule is Cn1cc(CCN2CCc3ccc(C=CC(=O)NO)cc3CC2)c(-c2ccccc2)n1. The van der Waals surface area contributed by atoms with Crippen LogP contribution in [0.5, 0.6) is 0 Å². The molecular weight excluding hydrogens is 388 g/mol. The number of amides is 1. The summed E-state index contributed by atoms with van der Waals surface area (Å²) in [5.74, 6) is -0.522. The normalized spacial score (nSPS) is 14.4. The number of hydroxylamine groups is 1. The van der Waals surface area contributed by atoms with Crippen LogP contribution in [0.2, 0.25) is 0 Å². The summed E-state index contributed by atoms with van der Waals surface area (Å²) in [4.78, 5) is 13.7. The third kappa shape index (κ3) is 5.29. The Bertz CT molecular complexity index is 1070. The maximum Gasteiger partial charge on any atom is 0.267 e. The molecule has 1 aliphatic rings. The zero-order valence-electron chi connectivity index (χ0n) is 17.8. The summed E-state index contributed by atoms with van der Waals surface area (Å²) in [6, 6.07) is 16.7. The van der Waals surface area contributed by atoms with Gasteiger partial charge in [0, 0.05) is 44.5 Å². The topological polar surface area (TPSA) is 70.4 Å². The lowest BCUT2D eigenvalue weighted by molar-refractivity contribution is -0.124. The summed E-state index contributed by atoms with van der Waals surface area (Å²) in [5, 5.41) is 13.3. The van der Waals surface area contributed by atoms with Gasteiger partial charge in [-0.15, -0.1) is 0 Å². The molecule has 160 valence electrons. The monoisotopic (exact) mass is 416 g/mol. The van der Waals surface area contributed by atoms with Gasteiger partial charge < -0.3 is 4.90 Å². The van der Waals surface area contributed by atoms with Gasteiger partial charge >= 0.3 is 0 Å². The van der Waals surface area contributed by atoms with E-state index in [1.807, 2.05) is 23.9 Å². The van der Waals surface area contributed by atoms with Gasteiger partial charge in [-0.1, -0.05) is 48.5 Å². The van der Waals surface area contributed by atoms with Crippen LogP contribution in [0.25, 0.3) is 17.3 Å². The van der Waals surface area contributed by atoms with Gasteiger partial charge in [0.1, 0.15) is 0 Å². The van der Waals surface area contributed by atoms with Crippen molar-refractivity contribution < 1.29 is 10.0 Å². The molecule has 1 aromatic heterocycles. The fraction of sp³-hybridized carbons (Fsp3) is 0.280. The lowest BCUT2D eigenvalue weighted by Gasteiger charge is -2.19. The lowest BCUT2D eigenvalue weighted by Crippen LogP contribution is -2.28. The van der Waals surface area contributed by atoms with E-state index in [-0.39, 0.29) is 0 Å². The van der Waals surface area contributed by atoms with E-state index in [9.17, 15) is 4.79 Å². The maximum atomic E-state index is 11.2. The highest BCUT2D eigenvalue weighted by molar-refractivity contribution is 5.90. The molecule has 0 saturated heterocycles. The van der Waals surface area contributed by atoms with Crippen LogP contribution in [0, 0.1) is 0 Å². The molecule has 2 N–H and O–H groups in total. The van der Waals surface area contributed by atoms with Crippen LogP contribution in [-0.2, 0) is 31.1 Å². The molecule has 0 radical (unpaired) electrons. The predicted octanol–water partition coefficient (Wildman–Crippen LogP) is 3.25. The number of aromatic nitrogens is 2. The van der Waals surface area contributed by atoms with E-state index in [0.717, 1.165) is 55.7 Å². The summed E-state index contributed by atoms with van der Waals surface area (Å²) in [7, 11) is 1.98. The van der Waals surface area contributed by atoms with Crippen molar-refractivity contribution in [2.75, 3.05) is 19.6 Å². The molecule has 1 amide bonds. The summed E-state index contributed by atoms with van der Waals surface area (Å²) in [6.45, 7) is 3.05. The summed E-state index contributed by atoms with van der Waals surface area (Å²) >= 11 is 0. The fourth-order valence-corrected chi connectivity index (χ4v) is 4.17. The first-order valence-electron chi connectivity index (χ1n) is 10.7. The smallest absolute Gasteiger partial charge is 0.267 e. The molecule has 0 spiro atoms. The van der Waals surface area contributed by atoms with Crippen LogP contribution in [0.3, 0.4) is 0 Å². The Morgan fingerprint density at radius 3 is 2.68 bits per heavy atom. The van der Waals surface area contributed by atoms with Gasteiger partial charge in [-0.3, -0.25) is 14.7 Å². The number of rotatable bonds is 6. The lowest BCUT2D eigenvalue weighted by atomic mass is 10.00. The maximum absolute atomic E-state index is 11.2. The minimum atomic E-state index is -0.522. The average Bonchev–Trinajstić information content (AvgIpc) is 3.05. The van der Waals surface area contributed by atoms with Crippen LogP contribution in [0.1, 0.15) is 22.3 Å². The zero-order chi connectivity index (χ0) is 21.6. The highest BCUT2D eigenvalue weighted by atomic mass is 16.5. The first-order chi connectivity index (χ1) is 15.1. The van der Waals surface area contributed by atoms with Crippen molar-refractivity contribution in [3.63, 3.8) is 0 Å². The van der Waals surface area contributed by atoms with E-state index in [0.29, 0.717) is 0 Å². The van der Waals surface area contributed by atoms with Crippen molar-refractivity contribution in [3.8, 4) is 11.3 Å². The molecule has 0 saturated carbocycles. The molecule has 31 heavy (non-hydrogen) atoms. The largest absolute Gasteiger partial charge is 0.302 e. The van der Waals surface area contributed by atoms with Crippen molar-refractivity contribution in [2.24, 2.45) is 7.05 Å². The number of hydrogen-bond donors (Lipinski definition) is 2. The highest BCUT2D eigenvalue weighted by Gasteiger charge is 2.16. The molecule has 0 aliphatic carbocycles. The second-order valence-corrected chi connectivity index (χ2v) is 7.97. The van der Waals surface area contributed by atoms with E-state index in [1.165, 1.54) is 22.8 Å². The number of benzene rings is 2. The minimum absolute atomic E-state index is 0.522. The van der Waals surface area contributed by atoms with Gasteiger partial charge in [-0.25, -0.2) is 5.48 Å². The van der Waals surface area contributed by atoms with Gasteiger partial charge in [-0.2, -0.15) is 5.10 Å². The molecule has 0 atom stereocenters. The first-order valence-corrected chi connectivity index (χ1v) is 10.7. The van der Waals surface area contributed by atoms with E-state index in [1.54, 1.807) is 11.6 Å². The molecule has 0 bridgehead atoms. The number of aryl methyl sites for hydroxylation is 1. The van der Waals surface area contributed by atoms with Crippen LogP contribution in [0.4, 0.5) is 0 Å². The van der Waals surface area contributed by atoms with Gasteiger partial charge in [0.25, 0.3) is 5.91 Å². The van der Waals surface area contributed by atoms with Gasteiger partial charge in [0.15, 0.2) is 0 Å². The molecule has 0 unspecified atom stereocenters. The van der Waals surface area contributed by atoms with Crippen LogP contribution in [-0.4, -0.2) is 45.4 Å². The summed E-state index contributed by atoms with van der Waals surface area (Å²) in [5.41, 5.74) is 8.82. The third-order valence-electron chi connectivity index (χ3n) is 5.81. The molecule has 4 rings (SSSR count). The van der Waals surface area contributed by atoms with Crippen molar-refractivity contribution in [1.82, 2.24) is 20.2 Å². The predicted molar refractivity (Wildman–Crippen MR) is 122 cm³/mol. The van der Waals surface area contributed by atoms with Crippen molar-refractivity contribution in [3.05, 3.63) is 83.1 Å². The Kier molecular flexibility index (Phi) is 6.60. The number of hydrogen-bond acceptors (Lipinski definition) is 4. The van der Waals surface area contributed by atoms with E-state index >= 15 is 0 Å². The average molecular weight is 417 g/mol. The Hall–Kier alpha value is -3.22. The van der Waals surface area contributed by atoms with Gasteiger partial charge in [0.2, 0.25) is 0 Å². The number of carbonyl (C=O) groups is 1. The fourth-order valence-electron chi connectivity index (χ4n) is 4.17. The zero-order valence-corrected chi connectivity index (χ0v) is 17.8. The molecular formula is C25H28N4O2. The molecule has 6 nitrogen and oxygen atoms in total. The van der Waals surface area contributed by atoms with Crippen molar-refractivity contribution >= 4 is 12.0 Å². The van der Waals surface area contributed by atoms with Gasteiger partial charge in [0.05, 0.1) is 5.69 Å². The molecule has 1 aliphatic heterocycles.